The van der Waals surface area contributed by atoms with Gasteiger partial charge in [-0.1, -0.05) is 30.3 Å². The smallest absolute Gasteiger partial charge is 0.269 e. The van der Waals surface area contributed by atoms with Gasteiger partial charge in [-0.25, -0.2) is 0 Å². The van der Waals surface area contributed by atoms with Crippen molar-refractivity contribution in [1.29, 1.82) is 0 Å². The lowest BCUT2D eigenvalue weighted by Crippen LogP contribution is -2.28. The molecule has 0 aliphatic heterocycles. The first kappa shape index (κ1) is 17.2. The van der Waals surface area contributed by atoms with E-state index in [9.17, 15) is 9.59 Å². The molecular weight excluding hydrogens is 384 g/mol. The molecule has 0 aliphatic carbocycles. The van der Waals surface area contributed by atoms with Crippen LogP contribution in [-0.4, -0.2) is 24.5 Å². The number of methoxy groups -OCH3 is 1. The molecule has 1 amide bonds. The van der Waals surface area contributed by atoms with Crippen molar-refractivity contribution in [3.63, 3.8) is 0 Å². The van der Waals surface area contributed by atoms with Gasteiger partial charge < -0.3 is 15.0 Å². The second kappa shape index (κ2) is 7.53. The number of halogens is 1. The Hall–Kier alpha value is -2.60. The van der Waals surface area contributed by atoms with Crippen LogP contribution in [0.1, 0.15) is 16.1 Å². The van der Waals surface area contributed by atoms with Gasteiger partial charge in [0.15, 0.2) is 0 Å². The lowest BCUT2D eigenvalue weighted by molar-refractivity contribution is 0.0948. The van der Waals surface area contributed by atoms with Gasteiger partial charge in [-0.15, -0.1) is 0 Å². The number of ether oxygens (including phenoxy) is 1. The van der Waals surface area contributed by atoms with Crippen LogP contribution in [-0.2, 0) is 6.42 Å². The summed E-state index contributed by atoms with van der Waals surface area (Å²) in [5.74, 6) is 0.461. The minimum atomic E-state index is -0.322. The molecule has 0 spiro atoms. The number of carbonyl (C=O) groups excluding carboxylic acids is 1. The highest BCUT2D eigenvalue weighted by atomic mass is 79.9. The molecule has 5 nitrogen and oxygen atoms in total. The molecule has 0 saturated carbocycles. The summed E-state index contributed by atoms with van der Waals surface area (Å²) >= 11 is 3.42. The Kier molecular flexibility index (Phi) is 5.19. The van der Waals surface area contributed by atoms with Crippen LogP contribution in [0.25, 0.3) is 10.8 Å². The number of carbonyl (C=O) groups is 1. The SMILES string of the molecule is COc1cccc(CCNC(=O)c2[nH]c(=O)c3ccccc3c2Br)c1. The number of hydrogen-bond donors (Lipinski definition) is 2. The third kappa shape index (κ3) is 3.74. The third-order valence-corrected chi connectivity index (χ3v) is 4.75. The van der Waals surface area contributed by atoms with Gasteiger partial charge >= 0.3 is 0 Å². The predicted octanol–water partition coefficient (Wildman–Crippen LogP) is 3.27. The highest BCUT2D eigenvalue weighted by Gasteiger charge is 2.15. The molecule has 0 fully saturated rings. The van der Waals surface area contributed by atoms with Crippen LogP contribution in [0.5, 0.6) is 5.75 Å². The normalized spacial score (nSPS) is 10.6. The van der Waals surface area contributed by atoms with Crippen LogP contribution < -0.4 is 15.6 Å². The topological polar surface area (TPSA) is 71.2 Å². The summed E-state index contributed by atoms with van der Waals surface area (Å²) in [6.45, 7) is 0.452. The summed E-state index contributed by atoms with van der Waals surface area (Å²) in [4.78, 5) is 27.2. The van der Waals surface area contributed by atoms with Crippen LogP contribution in [0.2, 0.25) is 0 Å². The molecule has 0 radical (unpaired) electrons. The number of aromatic nitrogens is 1. The average Bonchev–Trinajstić information content (AvgIpc) is 2.64. The first-order valence-electron chi connectivity index (χ1n) is 7.82. The van der Waals surface area contributed by atoms with E-state index < -0.39 is 0 Å². The zero-order valence-electron chi connectivity index (χ0n) is 13.6. The number of benzene rings is 2. The fourth-order valence-corrected chi connectivity index (χ4v) is 3.26. The lowest BCUT2D eigenvalue weighted by atomic mass is 10.1. The van der Waals surface area contributed by atoms with Gasteiger partial charge in [0.25, 0.3) is 11.5 Å². The molecule has 2 aromatic carbocycles. The number of nitrogens with one attached hydrogen (secondary N) is 2. The van der Waals surface area contributed by atoms with E-state index in [0.29, 0.717) is 28.2 Å². The molecular formula is C19H17BrN2O3. The van der Waals surface area contributed by atoms with Crippen LogP contribution in [0, 0.1) is 0 Å². The van der Waals surface area contributed by atoms with Gasteiger partial charge in [-0.2, -0.15) is 0 Å². The van der Waals surface area contributed by atoms with Crippen LogP contribution in [0.4, 0.5) is 0 Å². The van der Waals surface area contributed by atoms with E-state index in [-0.39, 0.29) is 17.2 Å². The minimum Gasteiger partial charge on any atom is -0.497 e. The van der Waals surface area contributed by atoms with Gasteiger partial charge in [-0.05, 0) is 46.1 Å². The number of rotatable bonds is 5. The van der Waals surface area contributed by atoms with Crippen molar-refractivity contribution >= 4 is 32.6 Å². The van der Waals surface area contributed by atoms with E-state index in [4.69, 9.17) is 4.74 Å². The standard InChI is InChI=1S/C19H17BrN2O3/c1-25-13-6-4-5-12(11-13)9-10-21-19(24)17-16(20)14-7-2-3-8-15(14)18(23)22-17/h2-8,11H,9-10H2,1H3,(H,21,24)(H,22,23). The molecule has 0 atom stereocenters. The van der Waals surface area contributed by atoms with E-state index in [1.165, 1.54) is 0 Å². The number of fused-ring (bicyclic) bond motifs is 1. The van der Waals surface area contributed by atoms with E-state index in [2.05, 4.69) is 26.2 Å². The quantitative estimate of drug-likeness (QED) is 0.690. The Labute approximate surface area is 153 Å². The maximum Gasteiger partial charge on any atom is 0.269 e. The fourth-order valence-electron chi connectivity index (χ4n) is 2.64. The number of aromatic amines is 1. The van der Waals surface area contributed by atoms with E-state index in [1.54, 1.807) is 19.2 Å². The van der Waals surface area contributed by atoms with Crippen LogP contribution >= 0.6 is 15.9 Å². The Morgan fingerprint density at radius 1 is 1.16 bits per heavy atom. The second-order valence-electron chi connectivity index (χ2n) is 5.55. The number of H-pyrrole nitrogens is 1. The first-order valence-corrected chi connectivity index (χ1v) is 8.61. The third-order valence-electron chi connectivity index (χ3n) is 3.93. The summed E-state index contributed by atoms with van der Waals surface area (Å²) in [5.41, 5.74) is 1.01. The Balaban J connectivity index is 1.74. The minimum absolute atomic E-state index is 0.231. The second-order valence-corrected chi connectivity index (χ2v) is 6.34. The summed E-state index contributed by atoms with van der Waals surface area (Å²) in [6, 6.07) is 14.8. The largest absolute Gasteiger partial charge is 0.497 e. The van der Waals surface area contributed by atoms with Crippen LogP contribution in [0.15, 0.2) is 57.8 Å². The summed E-state index contributed by atoms with van der Waals surface area (Å²) < 4.78 is 5.77. The van der Waals surface area contributed by atoms with Gasteiger partial charge in [-0.3, -0.25) is 9.59 Å². The maximum absolute atomic E-state index is 12.4. The number of amides is 1. The number of hydrogen-bond acceptors (Lipinski definition) is 3. The first-order chi connectivity index (χ1) is 12.1. The average molecular weight is 401 g/mol. The highest BCUT2D eigenvalue weighted by Crippen LogP contribution is 2.23. The number of pyridine rings is 1. The molecule has 1 aromatic heterocycles. The molecule has 6 heteroatoms. The highest BCUT2D eigenvalue weighted by molar-refractivity contribution is 9.10. The van der Waals surface area contributed by atoms with Gasteiger partial charge in [0, 0.05) is 17.3 Å². The molecule has 2 N–H and O–H groups in total. The van der Waals surface area contributed by atoms with Crippen molar-refractivity contribution in [3.05, 3.63) is 74.6 Å². The molecule has 128 valence electrons. The van der Waals surface area contributed by atoms with Crippen LogP contribution in [0.3, 0.4) is 0 Å². The zero-order chi connectivity index (χ0) is 17.8. The summed E-state index contributed by atoms with van der Waals surface area (Å²) in [6.07, 6.45) is 0.665. The van der Waals surface area contributed by atoms with Gasteiger partial charge in [0.1, 0.15) is 11.4 Å². The molecule has 25 heavy (non-hydrogen) atoms. The van der Waals surface area contributed by atoms with Crippen molar-refractivity contribution in [3.8, 4) is 5.75 Å². The Bertz CT molecular complexity index is 982. The van der Waals surface area contributed by atoms with E-state index in [1.807, 2.05) is 36.4 Å². The maximum atomic E-state index is 12.4. The fraction of sp³-hybridized carbons (Fsp3) is 0.158. The van der Waals surface area contributed by atoms with E-state index in [0.717, 1.165) is 11.3 Å². The Morgan fingerprint density at radius 3 is 2.68 bits per heavy atom. The van der Waals surface area contributed by atoms with Crippen molar-refractivity contribution < 1.29 is 9.53 Å². The monoisotopic (exact) mass is 400 g/mol. The molecule has 3 rings (SSSR count). The molecule has 0 aliphatic rings. The molecule has 0 bridgehead atoms. The predicted molar refractivity (Wildman–Crippen MR) is 101 cm³/mol. The van der Waals surface area contributed by atoms with Gasteiger partial charge in [0.05, 0.1) is 11.6 Å². The molecule has 1 heterocycles. The van der Waals surface area contributed by atoms with Gasteiger partial charge in [0.2, 0.25) is 0 Å². The van der Waals surface area contributed by atoms with Crippen molar-refractivity contribution in [2.24, 2.45) is 0 Å². The van der Waals surface area contributed by atoms with Crippen molar-refractivity contribution in [1.82, 2.24) is 10.3 Å². The zero-order valence-corrected chi connectivity index (χ0v) is 15.2. The summed E-state index contributed by atoms with van der Waals surface area (Å²) in [7, 11) is 1.62. The lowest BCUT2D eigenvalue weighted by Gasteiger charge is -2.09. The molecule has 0 saturated heterocycles. The Morgan fingerprint density at radius 2 is 1.92 bits per heavy atom. The molecule has 0 unspecified atom stereocenters. The molecule has 3 aromatic rings. The van der Waals surface area contributed by atoms with Crippen molar-refractivity contribution in [2.45, 2.75) is 6.42 Å². The summed E-state index contributed by atoms with van der Waals surface area (Å²) in [5, 5.41) is 4.09. The van der Waals surface area contributed by atoms with Crippen molar-refractivity contribution in [2.75, 3.05) is 13.7 Å². The van der Waals surface area contributed by atoms with E-state index >= 15 is 0 Å².